The van der Waals surface area contributed by atoms with Gasteiger partial charge in [-0.3, -0.25) is 0 Å². The maximum absolute atomic E-state index is 2.36. The minimum atomic E-state index is 0.753. The molecule has 0 aromatic rings. The van der Waals surface area contributed by atoms with Crippen molar-refractivity contribution in [1.29, 1.82) is 0 Å². The molecule has 1 fully saturated rings. The predicted octanol–water partition coefficient (Wildman–Crippen LogP) is 3.84. The van der Waals surface area contributed by atoms with E-state index in [1.807, 2.05) is 0 Å². The highest BCUT2D eigenvalue weighted by molar-refractivity contribution is 5.26. The standard InChI is InChI=1S/C12H21/c1-5-11-8-10(4)6-7-12(11)9(2)3/h5,9-10H,6-8H2,1-4H3/t10-/m0/s1. The molecular formula is C12H21. The Hall–Kier alpha value is 0. The Morgan fingerprint density at radius 1 is 1.42 bits per heavy atom. The molecule has 1 aliphatic carbocycles. The van der Waals surface area contributed by atoms with Gasteiger partial charge >= 0.3 is 0 Å². The molecule has 1 atom stereocenters. The fourth-order valence-corrected chi connectivity index (χ4v) is 2.13. The third-order valence-electron chi connectivity index (χ3n) is 2.93. The second kappa shape index (κ2) is 4.30. The quantitative estimate of drug-likeness (QED) is 0.583. The Morgan fingerprint density at radius 2 is 2.08 bits per heavy atom. The summed E-state index contributed by atoms with van der Waals surface area (Å²) in [5.41, 5.74) is 0. The summed E-state index contributed by atoms with van der Waals surface area (Å²) in [6.45, 7) is 9.17. The van der Waals surface area contributed by atoms with Crippen LogP contribution in [-0.2, 0) is 0 Å². The first-order valence-corrected chi connectivity index (χ1v) is 5.16. The van der Waals surface area contributed by atoms with Crippen molar-refractivity contribution in [3.8, 4) is 0 Å². The molecule has 0 N–H and O–H groups in total. The Balaban J connectivity index is 2.50. The molecule has 0 bridgehead atoms. The minimum absolute atomic E-state index is 0.753. The third-order valence-corrected chi connectivity index (χ3v) is 2.93. The molecule has 3 radical (unpaired) electrons. The van der Waals surface area contributed by atoms with E-state index in [0.29, 0.717) is 0 Å². The second-order valence-corrected chi connectivity index (χ2v) is 4.34. The lowest BCUT2D eigenvalue weighted by Crippen LogP contribution is -2.23. The number of rotatable bonds is 2. The summed E-state index contributed by atoms with van der Waals surface area (Å²) in [7, 11) is 0. The summed E-state index contributed by atoms with van der Waals surface area (Å²) in [5, 5.41) is 0. The molecule has 12 heavy (non-hydrogen) atoms. The van der Waals surface area contributed by atoms with E-state index in [4.69, 9.17) is 0 Å². The van der Waals surface area contributed by atoms with Gasteiger partial charge in [0.25, 0.3) is 0 Å². The maximum atomic E-state index is 2.36. The average Bonchev–Trinajstić information content (AvgIpc) is 2.03. The van der Waals surface area contributed by atoms with Gasteiger partial charge in [0.15, 0.2) is 0 Å². The van der Waals surface area contributed by atoms with E-state index in [9.17, 15) is 0 Å². The lowest BCUT2D eigenvalue weighted by molar-refractivity contribution is 0.398. The monoisotopic (exact) mass is 165 g/mol. The molecular weight excluding hydrogens is 144 g/mol. The maximum Gasteiger partial charge on any atom is -0.0137 e. The van der Waals surface area contributed by atoms with E-state index in [-0.39, 0.29) is 0 Å². The van der Waals surface area contributed by atoms with Crippen LogP contribution in [0, 0.1) is 30.1 Å². The highest BCUT2D eigenvalue weighted by Gasteiger charge is 2.30. The van der Waals surface area contributed by atoms with Gasteiger partial charge in [0.05, 0.1) is 0 Å². The van der Waals surface area contributed by atoms with Gasteiger partial charge in [-0.15, -0.1) is 0 Å². The van der Waals surface area contributed by atoms with Crippen molar-refractivity contribution in [2.45, 2.75) is 47.0 Å². The smallest absolute Gasteiger partial charge is 0.0137 e. The normalized spacial score (nSPS) is 28.2. The average molecular weight is 165 g/mol. The summed E-state index contributed by atoms with van der Waals surface area (Å²) >= 11 is 0. The molecule has 1 aliphatic rings. The zero-order valence-corrected chi connectivity index (χ0v) is 8.85. The van der Waals surface area contributed by atoms with Gasteiger partial charge < -0.3 is 0 Å². The number of hydrogen-bond acceptors (Lipinski definition) is 0. The van der Waals surface area contributed by atoms with Crippen LogP contribution in [-0.4, -0.2) is 0 Å². The fraction of sp³-hybridized carbons (Fsp3) is 0.750. The molecule has 0 aromatic heterocycles. The van der Waals surface area contributed by atoms with Crippen LogP contribution in [0.3, 0.4) is 0 Å². The SMILES string of the molecule is C[CH][C]1C[C@@H](C)CC[C]1C(C)C. The van der Waals surface area contributed by atoms with Crippen molar-refractivity contribution in [2.75, 3.05) is 0 Å². The molecule has 0 heterocycles. The van der Waals surface area contributed by atoms with Crippen LogP contribution in [0.1, 0.15) is 47.0 Å². The van der Waals surface area contributed by atoms with E-state index in [2.05, 4.69) is 34.1 Å². The zero-order valence-electron chi connectivity index (χ0n) is 8.85. The topological polar surface area (TPSA) is 0 Å². The Labute approximate surface area is 77.7 Å². The fourth-order valence-electron chi connectivity index (χ4n) is 2.13. The lowest BCUT2D eigenvalue weighted by Gasteiger charge is -2.35. The van der Waals surface area contributed by atoms with Crippen molar-refractivity contribution in [2.24, 2.45) is 11.8 Å². The van der Waals surface area contributed by atoms with Gasteiger partial charge in [0.1, 0.15) is 0 Å². The van der Waals surface area contributed by atoms with Crippen LogP contribution < -0.4 is 0 Å². The van der Waals surface area contributed by atoms with E-state index in [1.54, 1.807) is 11.8 Å². The van der Waals surface area contributed by atoms with Gasteiger partial charge in [-0.1, -0.05) is 34.1 Å². The van der Waals surface area contributed by atoms with E-state index < -0.39 is 0 Å². The summed E-state index contributed by atoms with van der Waals surface area (Å²) in [5.74, 6) is 4.99. The molecule has 1 saturated carbocycles. The Kier molecular flexibility index (Phi) is 3.61. The summed E-state index contributed by atoms with van der Waals surface area (Å²) in [6.07, 6.45) is 6.35. The molecule has 0 amide bonds. The Morgan fingerprint density at radius 3 is 2.58 bits per heavy atom. The lowest BCUT2D eigenvalue weighted by atomic mass is 9.69. The summed E-state index contributed by atoms with van der Waals surface area (Å²) < 4.78 is 0. The number of hydrogen-bond donors (Lipinski definition) is 0. The molecule has 0 spiro atoms. The first-order valence-electron chi connectivity index (χ1n) is 5.16. The van der Waals surface area contributed by atoms with Gasteiger partial charge in [-0.25, -0.2) is 0 Å². The first-order chi connectivity index (χ1) is 5.65. The van der Waals surface area contributed by atoms with Gasteiger partial charge in [0, 0.05) is 0 Å². The predicted molar refractivity (Wildman–Crippen MR) is 54.3 cm³/mol. The minimum Gasteiger partial charge on any atom is -0.0625 e. The second-order valence-electron chi connectivity index (χ2n) is 4.34. The van der Waals surface area contributed by atoms with Crippen molar-refractivity contribution in [3.63, 3.8) is 0 Å². The van der Waals surface area contributed by atoms with Crippen molar-refractivity contribution >= 4 is 0 Å². The largest absolute Gasteiger partial charge is 0.0625 e. The third kappa shape index (κ3) is 2.24. The highest BCUT2D eigenvalue weighted by Crippen LogP contribution is 2.42. The molecule has 0 unspecified atom stereocenters. The van der Waals surface area contributed by atoms with Crippen molar-refractivity contribution in [1.82, 2.24) is 0 Å². The Bertz CT molecular complexity index is 126. The van der Waals surface area contributed by atoms with Crippen LogP contribution in [0.5, 0.6) is 0 Å². The van der Waals surface area contributed by atoms with Crippen molar-refractivity contribution < 1.29 is 0 Å². The van der Waals surface area contributed by atoms with Gasteiger partial charge in [0.2, 0.25) is 0 Å². The van der Waals surface area contributed by atoms with Crippen LogP contribution in [0.4, 0.5) is 0 Å². The highest BCUT2D eigenvalue weighted by atomic mass is 14.3. The van der Waals surface area contributed by atoms with Crippen LogP contribution in [0.2, 0.25) is 0 Å². The molecule has 0 saturated heterocycles. The molecule has 69 valence electrons. The van der Waals surface area contributed by atoms with E-state index >= 15 is 0 Å². The molecule has 0 heteroatoms. The van der Waals surface area contributed by atoms with Gasteiger partial charge in [-0.2, -0.15) is 0 Å². The molecule has 0 aliphatic heterocycles. The van der Waals surface area contributed by atoms with Gasteiger partial charge in [-0.05, 0) is 42.9 Å². The van der Waals surface area contributed by atoms with E-state index in [1.165, 1.54) is 19.3 Å². The van der Waals surface area contributed by atoms with Crippen molar-refractivity contribution in [3.05, 3.63) is 18.3 Å². The zero-order chi connectivity index (χ0) is 9.14. The molecule has 0 aromatic carbocycles. The van der Waals surface area contributed by atoms with Crippen LogP contribution >= 0.6 is 0 Å². The first kappa shape index (κ1) is 10.1. The summed E-state index contributed by atoms with van der Waals surface area (Å²) in [6, 6.07) is 0. The van der Waals surface area contributed by atoms with Crippen LogP contribution in [0.25, 0.3) is 0 Å². The van der Waals surface area contributed by atoms with Crippen LogP contribution in [0.15, 0.2) is 0 Å². The molecule has 0 nitrogen and oxygen atoms in total. The van der Waals surface area contributed by atoms with E-state index in [0.717, 1.165) is 11.8 Å². The summed E-state index contributed by atoms with van der Waals surface area (Å²) in [4.78, 5) is 0. The molecule has 1 rings (SSSR count).